The standard InChI is InChI=1S/C12H19N3OS/c1-8-9(2)17-12(13-8)15(3)11(16)14-10-6-4-5-7-10/h10H,4-7H2,1-3H3,(H,14,16). The van der Waals surface area contributed by atoms with Gasteiger partial charge in [-0.1, -0.05) is 12.8 Å². The van der Waals surface area contributed by atoms with Crippen molar-refractivity contribution in [2.45, 2.75) is 45.6 Å². The summed E-state index contributed by atoms with van der Waals surface area (Å²) in [5, 5.41) is 3.83. The first-order valence-corrected chi connectivity index (χ1v) is 6.88. The zero-order valence-electron chi connectivity index (χ0n) is 10.6. The van der Waals surface area contributed by atoms with Crippen LogP contribution < -0.4 is 10.2 Å². The van der Waals surface area contributed by atoms with E-state index < -0.39 is 0 Å². The van der Waals surface area contributed by atoms with Crippen molar-refractivity contribution < 1.29 is 4.79 Å². The van der Waals surface area contributed by atoms with E-state index in [1.54, 1.807) is 23.3 Å². The van der Waals surface area contributed by atoms with E-state index in [0.717, 1.165) is 23.7 Å². The number of nitrogens with zero attached hydrogens (tertiary/aromatic N) is 2. The normalized spacial score (nSPS) is 16.2. The highest BCUT2D eigenvalue weighted by atomic mass is 32.1. The number of amides is 2. The van der Waals surface area contributed by atoms with Crippen LogP contribution in [0.1, 0.15) is 36.3 Å². The topological polar surface area (TPSA) is 45.2 Å². The van der Waals surface area contributed by atoms with Crippen LogP contribution in [0.25, 0.3) is 0 Å². The summed E-state index contributed by atoms with van der Waals surface area (Å²) < 4.78 is 0. The Morgan fingerprint density at radius 2 is 2.06 bits per heavy atom. The van der Waals surface area contributed by atoms with Gasteiger partial charge in [0.15, 0.2) is 5.13 Å². The molecule has 0 unspecified atom stereocenters. The summed E-state index contributed by atoms with van der Waals surface area (Å²) in [5.41, 5.74) is 1.01. The lowest BCUT2D eigenvalue weighted by molar-refractivity contribution is 0.244. The van der Waals surface area contributed by atoms with Gasteiger partial charge in [-0.25, -0.2) is 9.78 Å². The van der Waals surface area contributed by atoms with E-state index in [4.69, 9.17) is 0 Å². The Kier molecular flexibility index (Phi) is 3.66. The molecule has 0 radical (unpaired) electrons. The number of carbonyl (C=O) groups is 1. The molecule has 1 aliphatic carbocycles. The first-order valence-electron chi connectivity index (χ1n) is 6.06. The Morgan fingerprint density at radius 3 is 2.59 bits per heavy atom. The summed E-state index contributed by atoms with van der Waals surface area (Å²) in [5.74, 6) is 0. The van der Waals surface area contributed by atoms with E-state index in [-0.39, 0.29) is 6.03 Å². The van der Waals surface area contributed by atoms with Crippen molar-refractivity contribution in [3.63, 3.8) is 0 Å². The van der Waals surface area contributed by atoms with E-state index in [0.29, 0.717) is 6.04 Å². The third-order valence-electron chi connectivity index (χ3n) is 3.29. The lowest BCUT2D eigenvalue weighted by atomic mass is 10.2. The van der Waals surface area contributed by atoms with Crippen molar-refractivity contribution in [3.05, 3.63) is 10.6 Å². The van der Waals surface area contributed by atoms with Crippen molar-refractivity contribution in [1.82, 2.24) is 10.3 Å². The van der Waals surface area contributed by atoms with Gasteiger partial charge in [0.25, 0.3) is 0 Å². The summed E-state index contributed by atoms with van der Waals surface area (Å²) in [4.78, 5) is 19.2. The molecule has 94 valence electrons. The predicted octanol–water partition coefficient (Wildman–Crippen LogP) is 2.85. The molecule has 1 saturated carbocycles. The lowest BCUT2D eigenvalue weighted by Crippen LogP contribution is -2.42. The molecule has 1 heterocycles. The summed E-state index contributed by atoms with van der Waals surface area (Å²) in [6, 6.07) is 0.317. The molecule has 1 aromatic heterocycles. The maximum Gasteiger partial charge on any atom is 0.323 e. The summed E-state index contributed by atoms with van der Waals surface area (Å²) in [6.45, 7) is 4.00. The number of anilines is 1. The van der Waals surface area contributed by atoms with Crippen molar-refractivity contribution >= 4 is 22.5 Å². The molecular weight excluding hydrogens is 234 g/mol. The lowest BCUT2D eigenvalue weighted by Gasteiger charge is -2.18. The molecule has 0 spiro atoms. The maximum atomic E-state index is 12.0. The number of aromatic nitrogens is 1. The van der Waals surface area contributed by atoms with Crippen LogP contribution in [0.4, 0.5) is 9.93 Å². The van der Waals surface area contributed by atoms with E-state index in [1.807, 2.05) is 13.8 Å². The Morgan fingerprint density at radius 1 is 1.41 bits per heavy atom. The van der Waals surface area contributed by atoms with Crippen LogP contribution in [0.15, 0.2) is 0 Å². The predicted molar refractivity (Wildman–Crippen MR) is 70.8 cm³/mol. The highest BCUT2D eigenvalue weighted by Gasteiger charge is 2.21. The molecule has 5 heteroatoms. The van der Waals surface area contributed by atoms with Crippen molar-refractivity contribution in [2.75, 3.05) is 11.9 Å². The first kappa shape index (κ1) is 12.4. The Bertz CT molecular complexity index is 390. The van der Waals surface area contributed by atoms with Crippen LogP contribution in [-0.2, 0) is 0 Å². The van der Waals surface area contributed by atoms with E-state index >= 15 is 0 Å². The minimum atomic E-state index is -0.0364. The van der Waals surface area contributed by atoms with Crippen LogP contribution in [-0.4, -0.2) is 24.1 Å². The van der Waals surface area contributed by atoms with Crippen molar-refractivity contribution in [1.29, 1.82) is 0 Å². The summed E-state index contributed by atoms with van der Waals surface area (Å²) in [7, 11) is 1.78. The second-order valence-corrected chi connectivity index (χ2v) is 5.81. The van der Waals surface area contributed by atoms with Gasteiger partial charge in [-0.15, -0.1) is 11.3 Å². The molecule has 2 amide bonds. The van der Waals surface area contributed by atoms with Crippen LogP contribution in [0.2, 0.25) is 0 Å². The van der Waals surface area contributed by atoms with Crippen molar-refractivity contribution in [2.24, 2.45) is 0 Å². The molecular formula is C12H19N3OS. The number of hydrogen-bond donors (Lipinski definition) is 1. The number of hydrogen-bond acceptors (Lipinski definition) is 3. The monoisotopic (exact) mass is 253 g/mol. The quantitative estimate of drug-likeness (QED) is 0.881. The molecule has 1 aliphatic rings. The van der Waals surface area contributed by atoms with Gasteiger partial charge >= 0.3 is 6.03 Å². The van der Waals surface area contributed by atoms with Crippen LogP contribution >= 0.6 is 11.3 Å². The molecule has 2 rings (SSSR count). The van der Waals surface area contributed by atoms with Gasteiger partial charge in [0, 0.05) is 18.0 Å². The van der Waals surface area contributed by atoms with Crippen LogP contribution in [0.5, 0.6) is 0 Å². The molecule has 0 saturated heterocycles. The number of thiazole rings is 1. The Labute approximate surface area is 106 Å². The maximum absolute atomic E-state index is 12.0. The van der Waals surface area contributed by atoms with Gasteiger partial charge in [-0.2, -0.15) is 0 Å². The zero-order chi connectivity index (χ0) is 12.4. The summed E-state index contributed by atoms with van der Waals surface area (Å²) in [6.07, 6.45) is 4.67. The second kappa shape index (κ2) is 5.04. The molecule has 1 fully saturated rings. The number of rotatable bonds is 2. The number of nitrogens with one attached hydrogen (secondary N) is 1. The second-order valence-electron chi connectivity index (χ2n) is 4.63. The first-order chi connectivity index (χ1) is 8.08. The number of urea groups is 1. The Hall–Kier alpha value is -1.10. The van der Waals surface area contributed by atoms with Crippen LogP contribution in [0, 0.1) is 13.8 Å². The van der Waals surface area contributed by atoms with Gasteiger partial charge in [-0.3, -0.25) is 4.90 Å². The molecule has 0 aliphatic heterocycles. The van der Waals surface area contributed by atoms with Gasteiger partial charge in [0.05, 0.1) is 5.69 Å². The fourth-order valence-corrected chi connectivity index (χ4v) is 2.90. The van der Waals surface area contributed by atoms with Crippen LogP contribution in [0.3, 0.4) is 0 Å². The van der Waals surface area contributed by atoms with E-state index in [9.17, 15) is 4.79 Å². The van der Waals surface area contributed by atoms with E-state index in [2.05, 4.69) is 10.3 Å². The van der Waals surface area contributed by atoms with Gasteiger partial charge in [0.1, 0.15) is 0 Å². The Balaban J connectivity index is 1.98. The third-order valence-corrected chi connectivity index (χ3v) is 4.44. The molecule has 17 heavy (non-hydrogen) atoms. The zero-order valence-corrected chi connectivity index (χ0v) is 11.4. The minimum absolute atomic E-state index is 0.0364. The van der Waals surface area contributed by atoms with Gasteiger partial charge in [-0.05, 0) is 26.7 Å². The SMILES string of the molecule is Cc1nc(N(C)C(=O)NC2CCCC2)sc1C. The van der Waals surface area contributed by atoms with Crippen molar-refractivity contribution in [3.8, 4) is 0 Å². The third kappa shape index (κ3) is 2.77. The number of carbonyl (C=O) groups excluding carboxylic acids is 1. The molecule has 1 aromatic rings. The number of aryl methyl sites for hydroxylation is 2. The van der Waals surface area contributed by atoms with Gasteiger partial charge in [0.2, 0.25) is 0 Å². The molecule has 1 N–H and O–H groups in total. The molecule has 0 atom stereocenters. The average molecular weight is 253 g/mol. The molecule has 0 bridgehead atoms. The smallest absolute Gasteiger partial charge is 0.323 e. The van der Waals surface area contributed by atoms with E-state index in [1.165, 1.54) is 17.7 Å². The fourth-order valence-electron chi connectivity index (χ4n) is 2.03. The molecule has 4 nitrogen and oxygen atoms in total. The molecule has 0 aromatic carbocycles. The highest BCUT2D eigenvalue weighted by Crippen LogP contribution is 2.24. The largest absolute Gasteiger partial charge is 0.335 e. The van der Waals surface area contributed by atoms with Gasteiger partial charge < -0.3 is 5.32 Å². The highest BCUT2D eigenvalue weighted by molar-refractivity contribution is 7.15. The summed E-state index contributed by atoms with van der Waals surface area (Å²) >= 11 is 1.56. The minimum Gasteiger partial charge on any atom is -0.335 e. The fraction of sp³-hybridized carbons (Fsp3) is 0.667. The average Bonchev–Trinajstić information content (AvgIpc) is 2.89.